The first-order chi connectivity index (χ1) is 20.8. The number of carbonyl (C=O) groups excluding carboxylic acids is 3. The van der Waals surface area contributed by atoms with Gasteiger partial charge in [-0.05, 0) is 45.4 Å². The van der Waals surface area contributed by atoms with Gasteiger partial charge in [0.2, 0.25) is 11.8 Å². The summed E-state index contributed by atoms with van der Waals surface area (Å²) >= 11 is 0. The van der Waals surface area contributed by atoms with E-state index in [0.29, 0.717) is 12.8 Å². The van der Waals surface area contributed by atoms with Crippen molar-refractivity contribution in [1.29, 1.82) is 0 Å². The van der Waals surface area contributed by atoms with Gasteiger partial charge in [-0.1, -0.05) is 154 Å². The topological polar surface area (TPSA) is 106 Å². The average molecular weight is 715 g/mol. The Morgan fingerprint density at radius 3 is 1.02 bits per heavy atom. The quantitative estimate of drug-likeness (QED) is 0.0437. The van der Waals surface area contributed by atoms with Crippen molar-refractivity contribution in [3.63, 3.8) is 0 Å². The number of unbranched alkanes of at least 4 members (excludes halogenated alkanes) is 23. The van der Waals surface area contributed by atoms with E-state index < -0.39 is 23.4 Å². The molecular weight excluding hydrogens is 641 g/mol. The number of rotatable bonds is 30. The lowest BCUT2D eigenvalue weighted by Crippen LogP contribution is -2.62. The molecule has 276 valence electrons. The fraction of sp³-hybridized carbons (Fsp3) is 0.865. The molecule has 0 unspecified atom stereocenters. The average Bonchev–Trinajstić information content (AvgIpc) is 2.97. The number of amides is 3. The molecule has 0 saturated heterocycles. The minimum absolute atomic E-state index is 0. The van der Waals surface area contributed by atoms with E-state index in [0.717, 1.165) is 49.8 Å². The fourth-order valence-electron chi connectivity index (χ4n) is 5.47. The fourth-order valence-corrected chi connectivity index (χ4v) is 5.47. The van der Waals surface area contributed by atoms with E-state index in [2.05, 4.69) is 26.0 Å². The van der Waals surface area contributed by atoms with Crippen LogP contribution in [0.5, 0.6) is 0 Å². The second-order valence-electron chi connectivity index (χ2n) is 13.0. The normalized spacial score (nSPS) is 11.1. The maximum atomic E-state index is 12.9. The molecule has 0 bridgehead atoms. The van der Waals surface area contributed by atoms with E-state index in [1.807, 2.05) is 0 Å². The molecule has 0 rings (SSSR count). The summed E-state index contributed by atoms with van der Waals surface area (Å²) in [6.07, 6.45) is 36.0. The molecule has 0 aromatic carbocycles. The first-order valence-electron chi connectivity index (χ1n) is 18.4. The third-order valence-electron chi connectivity index (χ3n) is 8.31. The lowest BCUT2D eigenvalue weighted by Gasteiger charge is -2.26. The van der Waals surface area contributed by atoms with E-state index >= 15 is 0 Å². The van der Waals surface area contributed by atoms with Gasteiger partial charge in [-0.15, -0.1) is 37.2 Å². The molecule has 3 amide bonds. The Labute approximate surface area is 303 Å². The molecule has 0 radical (unpaired) electrons. The molecule has 6 nitrogen and oxygen atoms in total. The third-order valence-corrected chi connectivity index (χ3v) is 8.31. The number of carbonyl (C=O) groups is 3. The smallest absolute Gasteiger partial charge is 0.270 e. The van der Waals surface area contributed by atoms with Crippen LogP contribution in [0.3, 0.4) is 0 Å². The molecule has 0 aliphatic heterocycles. The number of hydrogen-bond donors (Lipinski definition) is 2. The highest BCUT2D eigenvalue weighted by molar-refractivity contribution is 6.13. The molecule has 0 heterocycles. The van der Waals surface area contributed by atoms with Gasteiger partial charge in [0.25, 0.3) is 5.91 Å². The molecule has 4 N–H and O–H groups in total. The van der Waals surface area contributed by atoms with Crippen molar-refractivity contribution in [2.24, 2.45) is 11.5 Å². The highest BCUT2D eigenvalue weighted by atomic mass is 35.5. The summed E-state index contributed by atoms with van der Waals surface area (Å²) in [4.78, 5) is 39.3. The molecule has 0 aromatic heterocycles. The van der Waals surface area contributed by atoms with Crippen molar-refractivity contribution < 1.29 is 14.4 Å². The van der Waals surface area contributed by atoms with Gasteiger partial charge in [-0.3, -0.25) is 14.4 Å². The molecule has 46 heavy (non-hydrogen) atoms. The number of allylic oxidation sites excluding steroid dienone is 2. The van der Waals surface area contributed by atoms with Gasteiger partial charge in [0.15, 0.2) is 0 Å². The van der Waals surface area contributed by atoms with Crippen molar-refractivity contribution in [2.75, 3.05) is 0 Å². The first kappa shape index (κ1) is 52.2. The van der Waals surface area contributed by atoms with E-state index in [-0.39, 0.29) is 50.1 Å². The minimum Gasteiger partial charge on any atom is -0.306 e. The van der Waals surface area contributed by atoms with Crippen LogP contribution in [0.1, 0.15) is 201 Å². The van der Waals surface area contributed by atoms with Gasteiger partial charge in [0, 0.05) is 12.8 Å². The van der Waals surface area contributed by atoms with E-state index in [1.54, 1.807) is 0 Å². The van der Waals surface area contributed by atoms with Crippen LogP contribution in [0.15, 0.2) is 12.2 Å². The number of halogens is 3. The summed E-state index contributed by atoms with van der Waals surface area (Å²) in [5.41, 5.74) is 9.84. The zero-order valence-electron chi connectivity index (χ0n) is 30.0. The Balaban J connectivity index is -0.00000294. The van der Waals surface area contributed by atoms with Gasteiger partial charge in [-0.2, -0.15) is 0 Å². The number of imide groups is 3. The standard InChI is InChI=1S/C37H71N3O3.3ClH/c1-4-6-8-10-12-14-16-18-19-21-23-25-27-29-31-33-35(42)40(36(43)37(3,38)39)34(41)32-30-28-26-24-22-20-17-15-13-11-9-7-5-2;;;/h18-19H,4-17,20-33,38-39H2,1-3H3;3*1H/b19-18-;;;. The van der Waals surface area contributed by atoms with E-state index in [1.165, 1.54) is 116 Å². The molecular formula is C37H74Cl3N3O3. The van der Waals surface area contributed by atoms with Crippen molar-refractivity contribution in [3.8, 4) is 0 Å². The molecule has 0 fully saturated rings. The summed E-state index contributed by atoms with van der Waals surface area (Å²) in [7, 11) is 0. The second-order valence-corrected chi connectivity index (χ2v) is 13.0. The predicted molar refractivity (Wildman–Crippen MR) is 205 cm³/mol. The van der Waals surface area contributed by atoms with Crippen LogP contribution >= 0.6 is 37.2 Å². The largest absolute Gasteiger partial charge is 0.306 e. The lowest BCUT2D eigenvalue weighted by molar-refractivity contribution is -0.156. The third kappa shape index (κ3) is 31.9. The lowest BCUT2D eigenvalue weighted by atomic mass is 10.0. The molecule has 0 atom stereocenters. The number of hydrogen-bond acceptors (Lipinski definition) is 5. The molecule has 0 spiro atoms. The van der Waals surface area contributed by atoms with Gasteiger partial charge in [-0.25, -0.2) is 4.90 Å². The second kappa shape index (κ2) is 37.2. The molecule has 0 saturated carbocycles. The van der Waals surface area contributed by atoms with Crippen molar-refractivity contribution in [1.82, 2.24) is 4.90 Å². The maximum Gasteiger partial charge on any atom is 0.270 e. The summed E-state index contributed by atoms with van der Waals surface area (Å²) in [6.45, 7) is 5.85. The molecule has 0 aliphatic rings. The summed E-state index contributed by atoms with van der Waals surface area (Å²) in [5.74, 6) is -1.73. The summed E-state index contributed by atoms with van der Waals surface area (Å²) in [5, 5.41) is 0. The molecule has 0 aromatic rings. The molecule has 0 aliphatic carbocycles. The summed E-state index contributed by atoms with van der Waals surface area (Å²) in [6, 6.07) is 0. The van der Waals surface area contributed by atoms with E-state index in [4.69, 9.17) is 11.5 Å². The Morgan fingerprint density at radius 2 is 0.739 bits per heavy atom. The zero-order valence-corrected chi connectivity index (χ0v) is 32.5. The van der Waals surface area contributed by atoms with Crippen molar-refractivity contribution >= 4 is 54.9 Å². The Bertz CT molecular complexity index is 730. The summed E-state index contributed by atoms with van der Waals surface area (Å²) < 4.78 is 0. The number of nitrogens with two attached hydrogens (primary N) is 2. The van der Waals surface area contributed by atoms with Crippen molar-refractivity contribution in [3.05, 3.63) is 12.2 Å². The maximum absolute atomic E-state index is 12.9. The van der Waals surface area contributed by atoms with Crippen LogP contribution in [0, 0.1) is 0 Å². The predicted octanol–water partition coefficient (Wildman–Crippen LogP) is 11.3. The zero-order chi connectivity index (χ0) is 32.0. The first-order valence-corrected chi connectivity index (χ1v) is 18.4. The van der Waals surface area contributed by atoms with Gasteiger partial charge in [0.05, 0.1) is 0 Å². The molecule has 9 heteroatoms. The highest BCUT2D eigenvalue weighted by Crippen LogP contribution is 2.16. The Morgan fingerprint density at radius 1 is 0.478 bits per heavy atom. The van der Waals surface area contributed by atoms with Gasteiger partial charge >= 0.3 is 0 Å². The monoisotopic (exact) mass is 713 g/mol. The Kier molecular flexibility index (Phi) is 42.1. The van der Waals surface area contributed by atoms with Crippen LogP contribution < -0.4 is 11.5 Å². The van der Waals surface area contributed by atoms with Crippen LogP contribution in [0.25, 0.3) is 0 Å². The van der Waals surface area contributed by atoms with Gasteiger partial charge in [0.1, 0.15) is 5.66 Å². The van der Waals surface area contributed by atoms with Crippen LogP contribution in [0.4, 0.5) is 0 Å². The van der Waals surface area contributed by atoms with Crippen LogP contribution in [-0.2, 0) is 14.4 Å². The minimum atomic E-state index is -1.75. The highest BCUT2D eigenvalue weighted by Gasteiger charge is 2.36. The van der Waals surface area contributed by atoms with Crippen molar-refractivity contribution in [2.45, 2.75) is 206 Å². The number of nitrogens with zero attached hydrogens (tertiary/aromatic N) is 1. The Hall–Kier alpha value is -0.660. The van der Waals surface area contributed by atoms with E-state index in [9.17, 15) is 14.4 Å². The van der Waals surface area contributed by atoms with Crippen LogP contribution in [-0.4, -0.2) is 28.3 Å². The SMILES string of the molecule is CCCCCCCC/C=C\CCCCCCCC(=O)N(C(=O)CCCCCCCCCCCCCCC)C(=O)C(C)(N)N.Cl.Cl.Cl. The van der Waals surface area contributed by atoms with Gasteiger partial charge < -0.3 is 11.5 Å². The van der Waals surface area contributed by atoms with Crippen LogP contribution in [0.2, 0.25) is 0 Å².